The van der Waals surface area contributed by atoms with Crippen molar-refractivity contribution in [3.8, 4) is 11.8 Å². The summed E-state index contributed by atoms with van der Waals surface area (Å²) in [4.78, 5) is 11.1. The van der Waals surface area contributed by atoms with Crippen LogP contribution >= 0.6 is 0 Å². The van der Waals surface area contributed by atoms with Crippen LogP contribution in [-0.4, -0.2) is 41.3 Å². The Labute approximate surface area is 200 Å². The highest BCUT2D eigenvalue weighted by Gasteiger charge is 2.14. The summed E-state index contributed by atoms with van der Waals surface area (Å²) in [5.41, 5.74) is 3.95. The van der Waals surface area contributed by atoms with Crippen LogP contribution in [0.4, 0.5) is 11.6 Å². The molecule has 2 heterocycles. The van der Waals surface area contributed by atoms with E-state index in [1.165, 1.54) is 37.7 Å². The normalized spacial score (nSPS) is 13.3. The zero-order valence-corrected chi connectivity index (χ0v) is 19.3. The lowest BCUT2D eigenvalue weighted by atomic mass is 10.1. The van der Waals surface area contributed by atoms with Gasteiger partial charge in [-0.2, -0.15) is 5.26 Å². The van der Waals surface area contributed by atoms with Gasteiger partial charge in [0, 0.05) is 25.8 Å². The Hall–Kier alpha value is -3.96. The van der Waals surface area contributed by atoms with E-state index < -0.39 is 0 Å². The van der Waals surface area contributed by atoms with Crippen molar-refractivity contribution in [1.82, 2.24) is 14.9 Å². The van der Waals surface area contributed by atoms with Gasteiger partial charge in [0.05, 0.1) is 12.7 Å². The van der Waals surface area contributed by atoms with E-state index in [1.807, 2.05) is 30.3 Å². The third-order valence-corrected chi connectivity index (χ3v) is 5.90. The molecule has 8 heteroatoms. The Bertz CT molecular complexity index is 1150. The molecular weight excluding hydrogens is 426 g/mol. The summed E-state index contributed by atoms with van der Waals surface area (Å²) in [6.07, 6.45) is 3.79. The van der Waals surface area contributed by atoms with Crippen LogP contribution in [0, 0.1) is 16.7 Å². The Balaban J connectivity index is 1.44. The van der Waals surface area contributed by atoms with Gasteiger partial charge in [-0.25, -0.2) is 9.97 Å². The van der Waals surface area contributed by atoms with Crippen molar-refractivity contribution in [3.63, 3.8) is 0 Å². The quantitative estimate of drug-likeness (QED) is 0.394. The number of aromatic nitrogens is 2. The van der Waals surface area contributed by atoms with E-state index >= 15 is 0 Å². The summed E-state index contributed by atoms with van der Waals surface area (Å²) in [7, 11) is 1.63. The number of nitrogens with zero attached hydrogens (tertiary/aromatic N) is 4. The smallest absolute Gasteiger partial charge is 0.236 e. The molecular formula is C26H29N7O. The van der Waals surface area contributed by atoms with E-state index in [9.17, 15) is 5.26 Å². The summed E-state index contributed by atoms with van der Waals surface area (Å²) in [6.45, 7) is 4.38. The molecule has 8 nitrogen and oxygen atoms in total. The second kappa shape index (κ2) is 11.3. The first kappa shape index (κ1) is 23.2. The van der Waals surface area contributed by atoms with Gasteiger partial charge in [0.1, 0.15) is 23.5 Å². The molecule has 0 unspecified atom stereocenters. The van der Waals surface area contributed by atoms with Gasteiger partial charge < -0.3 is 20.8 Å². The van der Waals surface area contributed by atoms with Gasteiger partial charge in [-0.3, -0.25) is 4.90 Å². The minimum absolute atomic E-state index is 0.0475. The van der Waals surface area contributed by atoms with E-state index in [1.54, 1.807) is 7.11 Å². The Morgan fingerprint density at radius 3 is 1.97 bits per heavy atom. The summed E-state index contributed by atoms with van der Waals surface area (Å²) >= 11 is 0. The molecule has 34 heavy (non-hydrogen) atoms. The lowest BCUT2D eigenvalue weighted by Crippen LogP contribution is -2.18. The molecule has 4 rings (SSSR count). The van der Waals surface area contributed by atoms with Crippen molar-refractivity contribution < 1.29 is 4.74 Å². The lowest BCUT2D eigenvalue weighted by molar-refractivity contribution is 0.331. The van der Waals surface area contributed by atoms with E-state index in [0.29, 0.717) is 30.3 Å². The van der Waals surface area contributed by atoms with Gasteiger partial charge in [-0.05, 0) is 54.8 Å². The van der Waals surface area contributed by atoms with Crippen LogP contribution in [0.2, 0.25) is 0 Å². The second-order valence-electron chi connectivity index (χ2n) is 8.27. The fourth-order valence-corrected chi connectivity index (χ4v) is 4.00. The van der Waals surface area contributed by atoms with E-state index in [0.717, 1.165) is 23.4 Å². The molecule has 1 fully saturated rings. The fraction of sp³-hybridized carbons (Fsp3) is 0.308. The van der Waals surface area contributed by atoms with Crippen molar-refractivity contribution in [2.45, 2.75) is 32.5 Å². The highest BCUT2D eigenvalue weighted by atomic mass is 16.5. The molecule has 0 atom stereocenters. The Kier molecular flexibility index (Phi) is 7.68. The number of nitriles is 1. The van der Waals surface area contributed by atoms with E-state index in [2.05, 4.69) is 49.8 Å². The molecule has 174 valence electrons. The predicted molar refractivity (Wildman–Crippen MR) is 133 cm³/mol. The van der Waals surface area contributed by atoms with Gasteiger partial charge in [-0.1, -0.05) is 36.4 Å². The Morgan fingerprint density at radius 1 is 0.941 bits per heavy atom. The van der Waals surface area contributed by atoms with Crippen molar-refractivity contribution in [3.05, 3.63) is 76.6 Å². The first-order chi connectivity index (χ1) is 16.7. The van der Waals surface area contributed by atoms with E-state index in [4.69, 9.17) is 10.1 Å². The summed E-state index contributed by atoms with van der Waals surface area (Å²) in [6, 6.07) is 18.2. The fourth-order valence-electron chi connectivity index (χ4n) is 4.00. The molecule has 1 aliphatic heterocycles. The minimum Gasteiger partial charge on any atom is -0.497 e. The van der Waals surface area contributed by atoms with Gasteiger partial charge >= 0.3 is 0 Å². The molecule has 0 saturated carbocycles. The average Bonchev–Trinajstić information content (AvgIpc) is 3.40. The maximum absolute atomic E-state index is 9.42. The maximum Gasteiger partial charge on any atom is 0.236 e. The highest BCUT2D eigenvalue weighted by molar-refractivity contribution is 5.90. The van der Waals surface area contributed by atoms with Crippen molar-refractivity contribution >= 4 is 17.9 Å². The molecule has 0 spiro atoms. The number of rotatable bonds is 10. The summed E-state index contributed by atoms with van der Waals surface area (Å²) in [5, 5.41) is 23.9. The third-order valence-electron chi connectivity index (χ3n) is 5.90. The maximum atomic E-state index is 9.42. The van der Waals surface area contributed by atoms with Crippen LogP contribution in [0.25, 0.3) is 0 Å². The molecule has 0 amide bonds. The minimum atomic E-state index is 0.0475. The number of anilines is 2. The average molecular weight is 456 g/mol. The van der Waals surface area contributed by atoms with Crippen molar-refractivity contribution in [2.24, 2.45) is 0 Å². The second-order valence-corrected chi connectivity index (χ2v) is 8.27. The van der Waals surface area contributed by atoms with Crippen LogP contribution in [0.15, 0.2) is 48.5 Å². The first-order valence-corrected chi connectivity index (χ1v) is 11.4. The van der Waals surface area contributed by atoms with Crippen LogP contribution in [0.5, 0.6) is 5.75 Å². The first-order valence-electron chi connectivity index (χ1n) is 11.4. The topological polar surface area (TPSA) is 110 Å². The number of nitrogens with one attached hydrogen (secondary N) is 3. The largest absolute Gasteiger partial charge is 0.497 e. The molecule has 1 saturated heterocycles. The molecule has 0 radical (unpaired) electrons. The molecule has 2 aromatic carbocycles. The lowest BCUT2D eigenvalue weighted by Gasteiger charge is -2.15. The van der Waals surface area contributed by atoms with E-state index in [-0.39, 0.29) is 5.82 Å². The number of hydrogen-bond acceptors (Lipinski definition) is 8. The van der Waals surface area contributed by atoms with Gasteiger partial charge in [0.25, 0.3) is 0 Å². The number of methoxy groups -OCH3 is 1. The van der Waals surface area contributed by atoms with Crippen LogP contribution in [0.3, 0.4) is 0 Å². The molecule has 3 aromatic rings. The van der Waals surface area contributed by atoms with Gasteiger partial charge in [0.2, 0.25) is 5.82 Å². The molecule has 1 aliphatic rings. The third kappa shape index (κ3) is 5.88. The van der Waals surface area contributed by atoms with Gasteiger partial charge in [0.15, 0.2) is 0 Å². The standard InChI is InChI=1S/C26H29N7O/c1-34-22-10-8-20(9-11-22)17-30-26-23(14-27)25(31-24(15-28)32-26)29-16-19-4-6-21(7-5-19)18-33-12-2-3-13-33/h4-11,14,27H,2-3,12-13,16-18H2,1H3,(H2,29,30,31,32). The van der Waals surface area contributed by atoms with Crippen molar-refractivity contribution in [2.75, 3.05) is 30.8 Å². The monoisotopic (exact) mass is 455 g/mol. The Morgan fingerprint density at radius 2 is 1.47 bits per heavy atom. The molecule has 3 N–H and O–H groups in total. The summed E-state index contributed by atoms with van der Waals surface area (Å²) in [5.74, 6) is 1.74. The zero-order valence-electron chi connectivity index (χ0n) is 19.3. The van der Waals surface area contributed by atoms with Crippen LogP contribution < -0.4 is 15.4 Å². The van der Waals surface area contributed by atoms with Crippen LogP contribution in [0.1, 0.15) is 40.9 Å². The predicted octanol–water partition coefficient (Wildman–Crippen LogP) is 4.17. The molecule has 0 bridgehead atoms. The number of benzene rings is 2. The molecule has 1 aromatic heterocycles. The number of ether oxygens (including phenoxy) is 1. The number of hydrogen-bond donors (Lipinski definition) is 3. The summed E-state index contributed by atoms with van der Waals surface area (Å²) < 4.78 is 5.20. The van der Waals surface area contributed by atoms with Gasteiger partial charge in [-0.15, -0.1) is 0 Å². The zero-order chi connectivity index (χ0) is 23.8. The molecule has 0 aliphatic carbocycles. The highest BCUT2D eigenvalue weighted by Crippen LogP contribution is 2.22. The van der Waals surface area contributed by atoms with Crippen molar-refractivity contribution in [1.29, 1.82) is 10.7 Å². The van der Waals surface area contributed by atoms with Crippen LogP contribution in [-0.2, 0) is 19.6 Å². The SMILES string of the molecule is COc1ccc(CNc2nc(C#N)nc(NCc3ccc(CN4CCCC4)cc3)c2C=N)cc1. The number of likely N-dealkylation sites (tertiary alicyclic amines) is 1.